The highest BCUT2D eigenvalue weighted by Crippen LogP contribution is 2.31. The van der Waals surface area contributed by atoms with Gasteiger partial charge in [-0.15, -0.1) is 11.3 Å². The number of nitrogens with one attached hydrogen (secondary N) is 1. The van der Waals surface area contributed by atoms with Crippen LogP contribution in [0.4, 0.5) is 0 Å². The zero-order valence-corrected chi connectivity index (χ0v) is 13.1. The van der Waals surface area contributed by atoms with Gasteiger partial charge in [0.2, 0.25) is 0 Å². The molecule has 1 N–H and O–H groups in total. The standard InChI is InChI=1S/C16H26N2S/c1-3-11-17-16(15-12-18-13(2)19-15)14-9-7-5-4-6-8-10-14/h9,12,16-17H,3-8,10-11H2,1-2H3. The first-order valence-corrected chi connectivity index (χ1v) is 8.47. The fourth-order valence-corrected chi connectivity index (χ4v) is 3.60. The average Bonchev–Trinajstić information content (AvgIpc) is 2.78. The molecule has 1 aliphatic carbocycles. The van der Waals surface area contributed by atoms with Crippen molar-refractivity contribution >= 4 is 11.3 Å². The molecule has 0 aliphatic heterocycles. The van der Waals surface area contributed by atoms with E-state index in [9.17, 15) is 0 Å². The first-order chi connectivity index (χ1) is 9.31. The third-order valence-corrected chi connectivity index (χ3v) is 4.70. The molecule has 0 saturated heterocycles. The number of thiazole rings is 1. The number of hydrogen-bond donors (Lipinski definition) is 1. The van der Waals surface area contributed by atoms with Crippen LogP contribution in [0.1, 0.15) is 67.8 Å². The maximum Gasteiger partial charge on any atom is 0.0897 e. The molecule has 0 fully saturated rings. The molecule has 0 bridgehead atoms. The maximum atomic E-state index is 4.43. The Bertz CT molecular complexity index is 409. The van der Waals surface area contributed by atoms with Gasteiger partial charge in [0.25, 0.3) is 0 Å². The SMILES string of the molecule is CCCNC(C1=CCCCCCC1)c1cnc(C)s1. The lowest BCUT2D eigenvalue weighted by Crippen LogP contribution is -2.23. The average molecular weight is 278 g/mol. The normalized spacial score (nSPS) is 18.5. The lowest BCUT2D eigenvalue weighted by Gasteiger charge is -2.22. The molecular weight excluding hydrogens is 252 g/mol. The molecule has 106 valence electrons. The summed E-state index contributed by atoms with van der Waals surface area (Å²) in [7, 11) is 0. The van der Waals surface area contributed by atoms with E-state index < -0.39 is 0 Å². The highest BCUT2D eigenvalue weighted by molar-refractivity contribution is 7.11. The minimum absolute atomic E-state index is 0.407. The second-order valence-corrected chi connectivity index (χ2v) is 6.67. The summed E-state index contributed by atoms with van der Waals surface area (Å²) in [5, 5.41) is 4.89. The van der Waals surface area contributed by atoms with Crippen molar-refractivity contribution in [3.63, 3.8) is 0 Å². The molecule has 2 nitrogen and oxygen atoms in total. The number of allylic oxidation sites excluding steroid dienone is 1. The molecule has 19 heavy (non-hydrogen) atoms. The maximum absolute atomic E-state index is 4.43. The van der Waals surface area contributed by atoms with Crippen LogP contribution in [0.5, 0.6) is 0 Å². The van der Waals surface area contributed by atoms with E-state index in [1.165, 1.54) is 54.8 Å². The number of aromatic nitrogens is 1. The Morgan fingerprint density at radius 2 is 2.16 bits per heavy atom. The summed E-state index contributed by atoms with van der Waals surface area (Å²) in [6.45, 7) is 5.41. The van der Waals surface area contributed by atoms with Gasteiger partial charge in [-0.05, 0) is 45.6 Å². The van der Waals surface area contributed by atoms with Crippen LogP contribution in [-0.2, 0) is 0 Å². The first-order valence-electron chi connectivity index (χ1n) is 7.66. The van der Waals surface area contributed by atoms with Gasteiger partial charge in [-0.2, -0.15) is 0 Å². The van der Waals surface area contributed by atoms with E-state index in [2.05, 4.69) is 36.4 Å². The van der Waals surface area contributed by atoms with E-state index in [0.29, 0.717) is 6.04 Å². The molecule has 1 aromatic heterocycles. The number of nitrogens with zero attached hydrogens (tertiary/aromatic N) is 1. The van der Waals surface area contributed by atoms with Crippen LogP contribution >= 0.6 is 11.3 Å². The van der Waals surface area contributed by atoms with Crippen LogP contribution in [0.15, 0.2) is 17.8 Å². The third-order valence-electron chi connectivity index (χ3n) is 3.72. The van der Waals surface area contributed by atoms with Crippen LogP contribution in [-0.4, -0.2) is 11.5 Å². The van der Waals surface area contributed by atoms with Gasteiger partial charge in [0, 0.05) is 11.1 Å². The molecule has 1 atom stereocenters. The van der Waals surface area contributed by atoms with Crippen LogP contribution < -0.4 is 5.32 Å². The minimum Gasteiger partial charge on any atom is -0.306 e. The minimum atomic E-state index is 0.407. The quantitative estimate of drug-likeness (QED) is 0.785. The second kappa shape index (κ2) is 7.81. The van der Waals surface area contributed by atoms with Crippen LogP contribution in [0.3, 0.4) is 0 Å². The van der Waals surface area contributed by atoms with Crippen LogP contribution in [0.25, 0.3) is 0 Å². The molecule has 1 aromatic rings. The molecule has 1 heterocycles. The van der Waals surface area contributed by atoms with E-state index >= 15 is 0 Å². The summed E-state index contributed by atoms with van der Waals surface area (Å²) >= 11 is 1.84. The predicted molar refractivity (Wildman–Crippen MR) is 83.7 cm³/mol. The Balaban J connectivity index is 2.15. The molecule has 0 aromatic carbocycles. The summed E-state index contributed by atoms with van der Waals surface area (Å²) in [5.74, 6) is 0. The number of hydrogen-bond acceptors (Lipinski definition) is 3. The van der Waals surface area contributed by atoms with Crippen molar-refractivity contribution in [2.24, 2.45) is 0 Å². The molecule has 2 rings (SSSR count). The van der Waals surface area contributed by atoms with Crippen LogP contribution in [0, 0.1) is 6.92 Å². The molecule has 1 aliphatic rings. The van der Waals surface area contributed by atoms with Crippen molar-refractivity contribution in [3.05, 3.63) is 27.7 Å². The van der Waals surface area contributed by atoms with Crippen molar-refractivity contribution in [3.8, 4) is 0 Å². The van der Waals surface area contributed by atoms with E-state index in [-0.39, 0.29) is 0 Å². The Hall–Kier alpha value is -0.670. The molecule has 3 heteroatoms. The van der Waals surface area contributed by atoms with Crippen molar-refractivity contribution in [2.75, 3.05) is 6.54 Å². The summed E-state index contributed by atoms with van der Waals surface area (Å²) in [5.41, 5.74) is 1.59. The summed E-state index contributed by atoms with van der Waals surface area (Å²) in [6.07, 6.45) is 13.7. The number of aryl methyl sites for hydroxylation is 1. The number of rotatable bonds is 5. The lowest BCUT2D eigenvalue weighted by molar-refractivity contribution is 0.545. The van der Waals surface area contributed by atoms with Crippen molar-refractivity contribution in [1.82, 2.24) is 10.3 Å². The first kappa shape index (κ1) is 14.7. The molecule has 0 radical (unpaired) electrons. The molecule has 0 spiro atoms. The zero-order valence-electron chi connectivity index (χ0n) is 12.2. The van der Waals surface area contributed by atoms with Gasteiger partial charge >= 0.3 is 0 Å². The van der Waals surface area contributed by atoms with Crippen molar-refractivity contribution in [1.29, 1.82) is 0 Å². The highest BCUT2D eigenvalue weighted by atomic mass is 32.1. The lowest BCUT2D eigenvalue weighted by atomic mass is 9.94. The Morgan fingerprint density at radius 3 is 2.89 bits per heavy atom. The van der Waals surface area contributed by atoms with Gasteiger partial charge < -0.3 is 5.32 Å². The topological polar surface area (TPSA) is 24.9 Å². The van der Waals surface area contributed by atoms with Gasteiger partial charge in [-0.1, -0.05) is 31.4 Å². The van der Waals surface area contributed by atoms with Gasteiger partial charge in [0.1, 0.15) is 0 Å². The smallest absolute Gasteiger partial charge is 0.0897 e. The Kier molecular flexibility index (Phi) is 6.05. The van der Waals surface area contributed by atoms with E-state index in [0.717, 1.165) is 6.54 Å². The summed E-state index contributed by atoms with van der Waals surface area (Å²) in [4.78, 5) is 5.82. The van der Waals surface area contributed by atoms with E-state index in [1.807, 2.05) is 11.3 Å². The van der Waals surface area contributed by atoms with Crippen LogP contribution in [0.2, 0.25) is 0 Å². The van der Waals surface area contributed by atoms with Gasteiger partial charge in [0.15, 0.2) is 0 Å². The Labute approximate surface area is 121 Å². The van der Waals surface area contributed by atoms with Crippen molar-refractivity contribution in [2.45, 2.75) is 64.8 Å². The van der Waals surface area contributed by atoms with E-state index in [4.69, 9.17) is 0 Å². The van der Waals surface area contributed by atoms with Gasteiger partial charge in [-0.3, -0.25) is 0 Å². The third kappa shape index (κ3) is 4.43. The molecule has 0 saturated carbocycles. The fraction of sp³-hybridized carbons (Fsp3) is 0.688. The fourth-order valence-electron chi connectivity index (χ4n) is 2.69. The largest absolute Gasteiger partial charge is 0.306 e. The van der Waals surface area contributed by atoms with Crippen molar-refractivity contribution < 1.29 is 0 Å². The highest BCUT2D eigenvalue weighted by Gasteiger charge is 2.18. The molecule has 0 amide bonds. The molecular formula is C16H26N2S. The van der Waals surface area contributed by atoms with Gasteiger partial charge in [0.05, 0.1) is 11.0 Å². The summed E-state index contributed by atoms with van der Waals surface area (Å²) < 4.78 is 0. The predicted octanol–water partition coefficient (Wildman–Crippen LogP) is 4.77. The monoisotopic (exact) mass is 278 g/mol. The Morgan fingerprint density at radius 1 is 1.32 bits per heavy atom. The van der Waals surface area contributed by atoms with E-state index in [1.54, 1.807) is 5.57 Å². The van der Waals surface area contributed by atoms with Gasteiger partial charge in [-0.25, -0.2) is 4.98 Å². The summed E-state index contributed by atoms with van der Waals surface area (Å²) in [6, 6.07) is 0.407. The molecule has 1 unspecified atom stereocenters. The second-order valence-electron chi connectivity index (χ2n) is 5.40. The zero-order chi connectivity index (χ0) is 13.5.